The smallest absolute Gasteiger partial charge is 0.331 e. The highest BCUT2D eigenvalue weighted by atomic mass is 16.5. The molecule has 0 bridgehead atoms. The molecule has 2 heterocycles. The zero-order valence-corrected chi connectivity index (χ0v) is 15.4. The Bertz CT molecular complexity index is 1070. The number of hydrogen-bond acceptors (Lipinski definition) is 6. The number of para-hydroxylation sites is 1. The highest BCUT2D eigenvalue weighted by Crippen LogP contribution is 2.24. The first kappa shape index (κ1) is 18.6. The van der Waals surface area contributed by atoms with E-state index in [-0.39, 0.29) is 12.1 Å². The molecule has 1 unspecified atom stereocenters. The maximum absolute atomic E-state index is 12.7. The van der Waals surface area contributed by atoms with Crippen molar-refractivity contribution in [1.82, 2.24) is 14.9 Å². The molecule has 2 aromatic heterocycles. The molecule has 1 amide bonds. The Morgan fingerprint density at radius 3 is 2.78 bits per heavy atom. The summed E-state index contributed by atoms with van der Waals surface area (Å²) in [6.07, 6.45) is 2.40. The Morgan fingerprint density at radius 2 is 2.07 bits per heavy atom. The highest BCUT2D eigenvalue weighted by Gasteiger charge is 2.35. The van der Waals surface area contributed by atoms with E-state index >= 15 is 0 Å². The lowest BCUT2D eigenvalue weighted by molar-refractivity contribution is -0.150. The fourth-order valence-electron chi connectivity index (χ4n) is 3.17. The molecule has 8 nitrogen and oxygen atoms in total. The molecule has 0 saturated heterocycles. The van der Waals surface area contributed by atoms with E-state index in [0.29, 0.717) is 23.9 Å². The minimum atomic E-state index is -1.15. The summed E-state index contributed by atoms with van der Waals surface area (Å²) in [6, 6.07) is 7.20. The van der Waals surface area contributed by atoms with Crippen molar-refractivity contribution in [3.8, 4) is 0 Å². The van der Waals surface area contributed by atoms with Gasteiger partial charge in [0.1, 0.15) is 23.2 Å². The predicted octanol–water partition coefficient (Wildman–Crippen LogP) is 1.99. The van der Waals surface area contributed by atoms with Crippen LogP contribution in [0, 0.1) is 0 Å². The van der Waals surface area contributed by atoms with Gasteiger partial charge in [0.05, 0.1) is 13.4 Å². The van der Waals surface area contributed by atoms with Crippen LogP contribution >= 0.6 is 0 Å². The van der Waals surface area contributed by atoms with Crippen molar-refractivity contribution in [3.05, 3.63) is 40.9 Å². The van der Waals surface area contributed by atoms with E-state index in [9.17, 15) is 14.4 Å². The van der Waals surface area contributed by atoms with E-state index in [2.05, 4.69) is 10.3 Å². The number of benzene rings is 1. The van der Waals surface area contributed by atoms with E-state index in [1.54, 1.807) is 19.1 Å². The zero-order valence-electron chi connectivity index (χ0n) is 15.4. The molecule has 0 aliphatic rings. The Kier molecular flexibility index (Phi) is 4.98. The lowest BCUT2D eigenvalue weighted by atomic mass is 9.96. The van der Waals surface area contributed by atoms with Crippen LogP contribution in [0.5, 0.6) is 0 Å². The summed E-state index contributed by atoms with van der Waals surface area (Å²) in [7, 11) is 1.27. The van der Waals surface area contributed by atoms with Crippen molar-refractivity contribution in [1.29, 1.82) is 0 Å². The summed E-state index contributed by atoms with van der Waals surface area (Å²) in [4.78, 5) is 41.4. The summed E-state index contributed by atoms with van der Waals surface area (Å²) in [5.41, 5.74) is -0.503. The third kappa shape index (κ3) is 3.42. The van der Waals surface area contributed by atoms with Crippen molar-refractivity contribution in [3.63, 3.8) is 0 Å². The van der Waals surface area contributed by atoms with Gasteiger partial charge in [-0.1, -0.05) is 25.5 Å². The molecule has 1 atom stereocenters. The van der Waals surface area contributed by atoms with Crippen molar-refractivity contribution >= 4 is 33.9 Å². The van der Waals surface area contributed by atoms with Crippen molar-refractivity contribution in [2.75, 3.05) is 7.11 Å². The van der Waals surface area contributed by atoms with Gasteiger partial charge in [0, 0.05) is 5.39 Å². The molecule has 1 N–H and O–H groups in total. The van der Waals surface area contributed by atoms with Gasteiger partial charge in [-0.05, 0) is 25.5 Å². The van der Waals surface area contributed by atoms with Crippen molar-refractivity contribution < 1.29 is 18.7 Å². The Hall–Kier alpha value is -3.16. The first-order valence-corrected chi connectivity index (χ1v) is 8.65. The van der Waals surface area contributed by atoms with Gasteiger partial charge in [-0.2, -0.15) is 0 Å². The fourth-order valence-corrected chi connectivity index (χ4v) is 3.17. The molecule has 0 aliphatic carbocycles. The SMILES string of the molecule is CCCC(C)(NC(=O)Cn1cnc2c(oc3ccccc32)c1=O)C(=O)OC. The van der Waals surface area contributed by atoms with Crippen LogP contribution < -0.4 is 10.9 Å². The van der Waals surface area contributed by atoms with E-state index in [1.807, 2.05) is 19.1 Å². The standard InChI is InChI=1S/C19H21N3O5/c1-4-9-19(2,18(25)26-3)21-14(23)10-22-11-20-15-12-7-5-6-8-13(12)27-16(15)17(22)24/h5-8,11H,4,9-10H2,1-3H3,(H,21,23). The number of methoxy groups -OCH3 is 1. The third-order valence-electron chi connectivity index (χ3n) is 4.47. The Balaban J connectivity index is 1.89. The average Bonchev–Trinajstić information content (AvgIpc) is 3.03. The zero-order chi connectivity index (χ0) is 19.6. The number of fused-ring (bicyclic) bond motifs is 3. The maximum Gasteiger partial charge on any atom is 0.331 e. The predicted molar refractivity (Wildman–Crippen MR) is 99.2 cm³/mol. The van der Waals surface area contributed by atoms with Crippen LogP contribution in [0.2, 0.25) is 0 Å². The van der Waals surface area contributed by atoms with Crippen LogP contribution in [-0.4, -0.2) is 34.1 Å². The molecule has 0 radical (unpaired) electrons. The first-order valence-electron chi connectivity index (χ1n) is 8.65. The topological polar surface area (TPSA) is 103 Å². The van der Waals surface area contributed by atoms with Gasteiger partial charge < -0.3 is 14.5 Å². The summed E-state index contributed by atoms with van der Waals surface area (Å²) in [6.45, 7) is 3.22. The summed E-state index contributed by atoms with van der Waals surface area (Å²) in [5.74, 6) is -1.02. The Morgan fingerprint density at radius 1 is 1.33 bits per heavy atom. The maximum atomic E-state index is 12.7. The molecule has 8 heteroatoms. The number of esters is 1. The van der Waals surface area contributed by atoms with Crippen LogP contribution in [0.3, 0.4) is 0 Å². The van der Waals surface area contributed by atoms with Crippen molar-refractivity contribution in [2.45, 2.75) is 38.8 Å². The number of carbonyl (C=O) groups excluding carboxylic acids is 2. The van der Waals surface area contributed by atoms with Crippen LogP contribution in [0.15, 0.2) is 39.8 Å². The van der Waals surface area contributed by atoms with Gasteiger partial charge in [-0.15, -0.1) is 0 Å². The lowest BCUT2D eigenvalue weighted by Gasteiger charge is -2.27. The number of nitrogens with zero attached hydrogens (tertiary/aromatic N) is 2. The summed E-state index contributed by atoms with van der Waals surface area (Å²) >= 11 is 0. The average molecular weight is 371 g/mol. The number of aromatic nitrogens is 2. The van der Waals surface area contributed by atoms with E-state index in [0.717, 1.165) is 9.95 Å². The van der Waals surface area contributed by atoms with Gasteiger partial charge in [-0.3, -0.25) is 14.2 Å². The normalized spacial score (nSPS) is 13.4. The fraction of sp³-hybridized carbons (Fsp3) is 0.368. The van der Waals surface area contributed by atoms with E-state index in [4.69, 9.17) is 9.15 Å². The number of furan rings is 1. The molecule has 0 spiro atoms. The number of amides is 1. The summed E-state index contributed by atoms with van der Waals surface area (Å²) < 4.78 is 11.5. The van der Waals surface area contributed by atoms with Crippen molar-refractivity contribution in [2.24, 2.45) is 0 Å². The minimum Gasteiger partial charge on any atom is -0.467 e. The van der Waals surface area contributed by atoms with Crippen LogP contribution in [0.1, 0.15) is 26.7 Å². The summed E-state index contributed by atoms with van der Waals surface area (Å²) in [5, 5.41) is 3.40. The molecular weight excluding hydrogens is 350 g/mol. The molecule has 27 heavy (non-hydrogen) atoms. The molecule has 0 saturated carbocycles. The second-order valence-corrected chi connectivity index (χ2v) is 6.58. The van der Waals surface area contributed by atoms with Crippen LogP contribution in [0.25, 0.3) is 22.1 Å². The molecule has 142 valence electrons. The van der Waals surface area contributed by atoms with Gasteiger partial charge >= 0.3 is 5.97 Å². The molecule has 0 aliphatic heterocycles. The van der Waals surface area contributed by atoms with Gasteiger partial charge in [0.15, 0.2) is 0 Å². The third-order valence-corrected chi connectivity index (χ3v) is 4.47. The molecule has 3 rings (SSSR count). The van der Waals surface area contributed by atoms with Crippen LogP contribution in [0.4, 0.5) is 0 Å². The van der Waals surface area contributed by atoms with Crippen LogP contribution in [-0.2, 0) is 20.9 Å². The second-order valence-electron chi connectivity index (χ2n) is 6.58. The van der Waals surface area contributed by atoms with E-state index in [1.165, 1.54) is 13.4 Å². The molecule has 0 fully saturated rings. The number of nitrogens with one attached hydrogen (secondary N) is 1. The second kappa shape index (κ2) is 7.22. The minimum absolute atomic E-state index is 0.0933. The van der Waals surface area contributed by atoms with Gasteiger partial charge in [0.2, 0.25) is 11.5 Å². The first-order chi connectivity index (χ1) is 12.9. The number of ether oxygens (including phenoxy) is 1. The van der Waals surface area contributed by atoms with Gasteiger partial charge in [0.25, 0.3) is 5.56 Å². The molecular formula is C19H21N3O5. The lowest BCUT2D eigenvalue weighted by Crippen LogP contribution is -2.53. The monoisotopic (exact) mass is 371 g/mol. The highest BCUT2D eigenvalue weighted by molar-refractivity contribution is 6.01. The Labute approximate surface area is 155 Å². The number of rotatable bonds is 6. The van der Waals surface area contributed by atoms with E-state index < -0.39 is 23.0 Å². The molecule has 1 aromatic carbocycles. The van der Waals surface area contributed by atoms with Gasteiger partial charge in [-0.25, -0.2) is 9.78 Å². The largest absolute Gasteiger partial charge is 0.467 e. The number of carbonyl (C=O) groups is 2. The molecule has 3 aromatic rings. The number of hydrogen-bond donors (Lipinski definition) is 1. The quantitative estimate of drug-likeness (QED) is 0.665.